The van der Waals surface area contributed by atoms with Gasteiger partial charge in [-0.15, -0.1) is 0 Å². The summed E-state index contributed by atoms with van der Waals surface area (Å²) in [7, 11) is 2.74. The Hall–Kier alpha value is -2.86. The van der Waals surface area contributed by atoms with Gasteiger partial charge >= 0.3 is 201 Å². The number of carbonyl (C=O) groups excluding carboxylic acids is 2. The quantitative estimate of drug-likeness (QED) is 0.215. The van der Waals surface area contributed by atoms with Crippen LogP contribution in [0.3, 0.4) is 0 Å². The molecular weight excluding hydrogens is 519 g/mol. The van der Waals surface area contributed by atoms with Crippen LogP contribution in [0.2, 0.25) is 0 Å². The first kappa shape index (κ1) is 24.8. The number of hydrogen-bond acceptors (Lipinski definition) is 4. The summed E-state index contributed by atoms with van der Waals surface area (Å²) in [6.07, 6.45) is 0. The van der Waals surface area contributed by atoms with Gasteiger partial charge in [-0.1, -0.05) is 0 Å². The van der Waals surface area contributed by atoms with Crippen molar-refractivity contribution in [3.05, 3.63) is 117 Å². The van der Waals surface area contributed by atoms with Crippen molar-refractivity contribution >= 4 is 30.3 Å². The molecule has 3 rings (SSSR count). The Morgan fingerprint density at radius 2 is 0.939 bits per heavy atom. The van der Waals surface area contributed by atoms with Crippen molar-refractivity contribution < 1.29 is 19.1 Å². The van der Waals surface area contributed by atoms with Crippen LogP contribution in [-0.4, -0.2) is 44.5 Å². The Kier molecular flexibility index (Phi) is 8.89. The molecular formula is C28H30O4Sn. The molecule has 3 aromatic carbocycles. The van der Waals surface area contributed by atoms with Gasteiger partial charge in [0, 0.05) is 0 Å². The summed E-state index contributed by atoms with van der Waals surface area (Å²) < 4.78 is 13.2. The fourth-order valence-corrected chi connectivity index (χ4v) is 19.9. The molecule has 0 radical (unpaired) electrons. The molecule has 170 valence electrons. The van der Waals surface area contributed by atoms with Crippen LogP contribution >= 0.6 is 0 Å². The second-order valence-corrected chi connectivity index (χ2v) is 20.0. The second kappa shape index (κ2) is 11.8. The van der Waals surface area contributed by atoms with E-state index in [2.05, 4.69) is 36.4 Å². The summed E-state index contributed by atoms with van der Waals surface area (Å²) in [6, 6.07) is 30.7. The number of hydrogen-bond donors (Lipinski definition) is 0. The van der Waals surface area contributed by atoms with E-state index in [4.69, 9.17) is 9.47 Å². The number of ether oxygens (including phenoxy) is 2. The van der Waals surface area contributed by atoms with Gasteiger partial charge in [-0.05, 0) is 0 Å². The molecule has 0 fully saturated rings. The van der Waals surface area contributed by atoms with E-state index in [1.54, 1.807) is 6.92 Å². The first-order valence-corrected chi connectivity index (χ1v) is 18.5. The summed E-state index contributed by atoms with van der Waals surface area (Å²) in [5.74, 6) is -0.901. The van der Waals surface area contributed by atoms with Crippen LogP contribution < -0.4 is 0 Å². The SMILES string of the molecule is COC(=O)/C(C)=[C](\C(=O)OC)[Sn]([CH2]c1ccccc1)([CH2]c1ccccc1)[CH2]c1ccccc1. The van der Waals surface area contributed by atoms with Crippen molar-refractivity contribution in [3.8, 4) is 0 Å². The van der Waals surface area contributed by atoms with E-state index in [9.17, 15) is 9.59 Å². The van der Waals surface area contributed by atoms with Crippen LogP contribution in [0, 0.1) is 0 Å². The van der Waals surface area contributed by atoms with Crippen LogP contribution in [-0.2, 0) is 32.4 Å². The van der Waals surface area contributed by atoms with Crippen molar-refractivity contribution in [2.75, 3.05) is 14.2 Å². The number of benzene rings is 3. The van der Waals surface area contributed by atoms with Crippen LogP contribution in [0.25, 0.3) is 0 Å². The molecule has 0 heterocycles. The monoisotopic (exact) mass is 550 g/mol. The zero-order valence-electron chi connectivity index (χ0n) is 19.4. The van der Waals surface area contributed by atoms with Gasteiger partial charge in [0.1, 0.15) is 0 Å². The summed E-state index contributed by atoms with van der Waals surface area (Å²) in [4.78, 5) is 26.1. The van der Waals surface area contributed by atoms with Crippen molar-refractivity contribution in [1.82, 2.24) is 0 Å². The molecule has 4 nitrogen and oxygen atoms in total. The fraction of sp³-hybridized carbons (Fsp3) is 0.214. The molecule has 0 aliphatic rings. The summed E-state index contributed by atoms with van der Waals surface area (Å²) in [6.45, 7) is 1.70. The van der Waals surface area contributed by atoms with E-state index in [1.165, 1.54) is 30.9 Å². The molecule has 0 aromatic heterocycles. The Bertz CT molecular complexity index is 991. The Morgan fingerprint density at radius 3 is 1.24 bits per heavy atom. The van der Waals surface area contributed by atoms with E-state index in [1.807, 2.05) is 54.6 Å². The average molecular weight is 549 g/mol. The van der Waals surface area contributed by atoms with Gasteiger partial charge in [0.2, 0.25) is 0 Å². The van der Waals surface area contributed by atoms with Crippen molar-refractivity contribution in [1.29, 1.82) is 0 Å². The Morgan fingerprint density at radius 1 is 0.606 bits per heavy atom. The number of rotatable bonds is 9. The molecule has 0 saturated carbocycles. The fourth-order valence-electron chi connectivity index (χ4n) is 4.54. The Labute approximate surface area is 200 Å². The van der Waals surface area contributed by atoms with Crippen molar-refractivity contribution in [2.45, 2.75) is 20.2 Å². The minimum atomic E-state index is -3.81. The third-order valence-corrected chi connectivity index (χ3v) is 19.9. The molecule has 0 bridgehead atoms. The standard InChI is InChI=1S/C7H9O4.3C7H7.Sn/c1-5(7(9)11-3)4-6(8)10-2;3*1-7-5-3-2-4-6-7;/h1-3H3;3*2-6H,1H2;. The van der Waals surface area contributed by atoms with E-state index in [-0.39, 0.29) is 0 Å². The molecule has 0 N–H and O–H groups in total. The maximum atomic E-state index is 13.4. The summed E-state index contributed by atoms with van der Waals surface area (Å²) >= 11 is -3.81. The molecule has 0 unspecified atom stereocenters. The third-order valence-electron chi connectivity index (χ3n) is 5.94. The predicted molar refractivity (Wildman–Crippen MR) is 133 cm³/mol. The van der Waals surface area contributed by atoms with E-state index < -0.39 is 30.3 Å². The molecule has 0 amide bonds. The van der Waals surface area contributed by atoms with Gasteiger partial charge in [0.25, 0.3) is 0 Å². The zero-order chi connectivity index (χ0) is 23.7. The van der Waals surface area contributed by atoms with Gasteiger partial charge < -0.3 is 0 Å². The van der Waals surface area contributed by atoms with Crippen molar-refractivity contribution in [3.63, 3.8) is 0 Å². The Balaban J connectivity index is 2.29. The zero-order valence-corrected chi connectivity index (χ0v) is 22.3. The van der Waals surface area contributed by atoms with Crippen molar-refractivity contribution in [2.24, 2.45) is 0 Å². The maximum absolute atomic E-state index is 13.4. The van der Waals surface area contributed by atoms with Crippen LogP contribution in [0.4, 0.5) is 0 Å². The number of methoxy groups -OCH3 is 2. The molecule has 0 aliphatic carbocycles. The van der Waals surface area contributed by atoms with E-state index in [0.29, 0.717) is 9.16 Å². The molecule has 3 aromatic rings. The van der Waals surface area contributed by atoms with Gasteiger partial charge in [0.05, 0.1) is 0 Å². The first-order chi connectivity index (χ1) is 16.0. The summed E-state index contributed by atoms with van der Waals surface area (Å²) in [5, 5.41) is 0. The van der Waals surface area contributed by atoms with Gasteiger partial charge in [-0.2, -0.15) is 0 Å². The third kappa shape index (κ3) is 6.35. The van der Waals surface area contributed by atoms with Gasteiger partial charge in [-0.25, -0.2) is 0 Å². The van der Waals surface area contributed by atoms with E-state index >= 15 is 0 Å². The first-order valence-electron chi connectivity index (χ1n) is 11.0. The van der Waals surface area contributed by atoms with Crippen LogP contribution in [0.5, 0.6) is 0 Å². The molecule has 0 spiro atoms. The van der Waals surface area contributed by atoms with Gasteiger partial charge in [0.15, 0.2) is 0 Å². The normalized spacial score (nSPS) is 12.0. The predicted octanol–water partition coefficient (Wildman–Crippen LogP) is 4.98. The molecule has 0 atom stereocenters. The second-order valence-electron chi connectivity index (χ2n) is 8.25. The average Bonchev–Trinajstić information content (AvgIpc) is 2.85. The molecule has 0 aliphatic heterocycles. The number of esters is 2. The van der Waals surface area contributed by atoms with Crippen LogP contribution in [0.1, 0.15) is 23.6 Å². The minimum absolute atomic E-state index is 0.364. The topological polar surface area (TPSA) is 52.6 Å². The summed E-state index contributed by atoms with van der Waals surface area (Å²) in [5.41, 5.74) is 3.86. The molecule has 33 heavy (non-hydrogen) atoms. The van der Waals surface area contributed by atoms with E-state index in [0.717, 1.165) is 13.3 Å². The molecule has 0 saturated heterocycles. The van der Waals surface area contributed by atoms with Gasteiger partial charge in [-0.3, -0.25) is 0 Å². The molecule has 5 heteroatoms. The van der Waals surface area contributed by atoms with Crippen LogP contribution in [0.15, 0.2) is 100 Å². The number of carbonyl (C=O) groups is 2.